The van der Waals surface area contributed by atoms with E-state index in [1.54, 1.807) is 0 Å². The molecule has 0 spiro atoms. The molecule has 0 radical (unpaired) electrons. The maximum Gasteiger partial charge on any atom is 0.272 e. The van der Waals surface area contributed by atoms with E-state index in [0.29, 0.717) is 24.2 Å². The lowest BCUT2D eigenvalue weighted by Crippen LogP contribution is -2.52. The van der Waals surface area contributed by atoms with E-state index in [9.17, 15) is 4.79 Å². The minimum atomic E-state index is -0.0351. The SMILES string of the molecule is CCC(CC)C(CNC(=O)c1nn(-c2ccccc2)c2c1CCC2)N1CCOCC1. The molecule has 6 nitrogen and oxygen atoms in total. The summed E-state index contributed by atoms with van der Waals surface area (Å²) >= 11 is 0. The van der Waals surface area contributed by atoms with Gasteiger partial charge in [0.15, 0.2) is 5.69 Å². The third-order valence-electron chi connectivity index (χ3n) is 6.73. The van der Waals surface area contributed by atoms with Crippen molar-refractivity contribution in [3.8, 4) is 5.69 Å². The lowest BCUT2D eigenvalue weighted by molar-refractivity contribution is 0.00190. The molecule has 4 rings (SSSR count). The molecule has 1 fully saturated rings. The zero-order chi connectivity index (χ0) is 20.9. The molecule has 1 aliphatic heterocycles. The van der Waals surface area contributed by atoms with Crippen molar-refractivity contribution in [2.75, 3.05) is 32.8 Å². The molecule has 1 unspecified atom stereocenters. The van der Waals surface area contributed by atoms with Gasteiger partial charge in [-0.3, -0.25) is 9.69 Å². The van der Waals surface area contributed by atoms with Gasteiger partial charge in [-0.05, 0) is 37.3 Å². The zero-order valence-corrected chi connectivity index (χ0v) is 18.3. The Morgan fingerprint density at radius 3 is 2.57 bits per heavy atom. The number of fused-ring (bicyclic) bond motifs is 1. The van der Waals surface area contributed by atoms with Crippen LogP contribution in [0.25, 0.3) is 5.69 Å². The summed E-state index contributed by atoms with van der Waals surface area (Å²) in [6, 6.07) is 10.5. The van der Waals surface area contributed by atoms with Crippen molar-refractivity contribution in [3.05, 3.63) is 47.3 Å². The van der Waals surface area contributed by atoms with Crippen LogP contribution >= 0.6 is 0 Å². The molecule has 2 aliphatic rings. The summed E-state index contributed by atoms with van der Waals surface area (Å²) in [5.41, 5.74) is 3.95. The third-order valence-corrected chi connectivity index (χ3v) is 6.73. The molecule has 1 atom stereocenters. The number of nitrogens with zero attached hydrogens (tertiary/aromatic N) is 3. The first-order chi connectivity index (χ1) is 14.7. The van der Waals surface area contributed by atoms with E-state index in [1.807, 2.05) is 22.9 Å². The zero-order valence-electron chi connectivity index (χ0n) is 18.3. The smallest absolute Gasteiger partial charge is 0.272 e. The van der Waals surface area contributed by atoms with Gasteiger partial charge in [-0.25, -0.2) is 4.68 Å². The summed E-state index contributed by atoms with van der Waals surface area (Å²) in [7, 11) is 0. The summed E-state index contributed by atoms with van der Waals surface area (Å²) in [6.07, 6.45) is 5.24. The van der Waals surface area contributed by atoms with E-state index in [0.717, 1.165) is 69.7 Å². The van der Waals surface area contributed by atoms with Crippen molar-refractivity contribution in [3.63, 3.8) is 0 Å². The van der Waals surface area contributed by atoms with Gasteiger partial charge in [-0.1, -0.05) is 44.9 Å². The monoisotopic (exact) mass is 410 g/mol. The molecule has 1 aromatic heterocycles. The van der Waals surface area contributed by atoms with Crippen molar-refractivity contribution in [2.45, 2.75) is 52.0 Å². The van der Waals surface area contributed by atoms with E-state index in [1.165, 1.54) is 5.69 Å². The summed E-state index contributed by atoms with van der Waals surface area (Å²) in [5.74, 6) is 0.531. The maximum absolute atomic E-state index is 13.2. The van der Waals surface area contributed by atoms with Crippen LogP contribution in [-0.2, 0) is 17.6 Å². The molecule has 2 heterocycles. The molecule has 1 aromatic carbocycles. The van der Waals surface area contributed by atoms with Crippen LogP contribution in [0.2, 0.25) is 0 Å². The molecule has 2 aromatic rings. The fraction of sp³-hybridized carbons (Fsp3) is 0.583. The Morgan fingerprint density at radius 1 is 1.13 bits per heavy atom. The van der Waals surface area contributed by atoms with Crippen molar-refractivity contribution >= 4 is 5.91 Å². The lowest BCUT2D eigenvalue weighted by Gasteiger charge is -2.38. The predicted molar refractivity (Wildman–Crippen MR) is 118 cm³/mol. The second-order valence-corrected chi connectivity index (χ2v) is 8.38. The number of amides is 1. The standard InChI is InChI=1S/C24H34N4O2/c1-3-18(4-2)22(27-13-15-30-16-14-27)17-25-24(29)23-20-11-8-12-21(20)28(26-23)19-9-6-5-7-10-19/h5-7,9-10,18,22H,3-4,8,11-17H2,1-2H3,(H,25,29). The van der Waals surface area contributed by atoms with Gasteiger partial charge in [0.2, 0.25) is 0 Å². The molecule has 1 amide bonds. The van der Waals surface area contributed by atoms with E-state index in [4.69, 9.17) is 9.84 Å². The fourth-order valence-corrected chi connectivity index (χ4v) is 5.02. The highest BCUT2D eigenvalue weighted by Crippen LogP contribution is 2.28. The second-order valence-electron chi connectivity index (χ2n) is 8.38. The number of aromatic nitrogens is 2. The van der Waals surface area contributed by atoms with Crippen LogP contribution < -0.4 is 5.32 Å². The number of morpholine rings is 1. The van der Waals surface area contributed by atoms with Gasteiger partial charge in [0.05, 0.1) is 18.9 Å². The molecule has 1 aliphatic carbocycles. The van der Waals surface area contributed by atoms with Gasteiger partial charge in [0.25, 0.3) is 5.91 Å². The molecule has 1 saturated heterocycles. The van der Waals surface area contributed by atoms with Gasteiger partial charge in [0.1, 0.15) is 0 Å². The lowest BCUT2D eigenvalue weighted by atomic mass is 9.92. The molecule has 6 heteroatoms. The number of nitrogens with one attached hydrogen (secondary N) is 1. The Labute approximate surface area is 179 Å². The van der Waals surface area contributed by atoms with Gasteiger partial charge >= 0.3 is 0 Å². The predicted octanol–water partition coefficient (Wildman–Crippen LogP) is 3.23. The summed E-state index contributed by atoms with van der Waals surface area (Å²) in [4.78, 5) is 15.7. The summed E-state index contributed by atoms with van der Waals surface area (Å²) in [5, 5.41) is 7.99. The quantitative estimate of drug-likeness (QED) is 0.726. The average Bonchev–Trinajstić information content (AvgIpc) is 3.40. The summed E-state index contributed by atoms with van der Waals surface area (Å²) in [6.45, 7) is 8.59. The highest BCUT2D eigenvalue weighted by Gasteiger charge is 2.30. The molecule has 0 saturated carbocycles. The van der Waals surface area contributed by atoms with Crippen molar-refractivity contribution in [1.82, 2.24) is 20.0 Å². The Hall–Kier alpha value is -2.18. The van der Waals surface area contributed by atoms with Crippen molar-refractivity contribution < 1.29 is 9.53 Å². The molecule has 0 bridgehead atoms. The molecule has 1 N–H and O–H groups in total. The Bertz CT molecular complexity index is 838. The number of carbonyl (C=O) groups is 1. The summed E-state index contributed by atoms with van der Waals surface area (Å²) < 4.78 is 7.52. The van der Waals surface area contributed by atoms with Crippen LogP contribution in [0, 0.1) is 5.92 Å². The average molecular weight is 411 g/mol. The van der Waals surface area contributed by atoms with Gasteiger partial charge in [-0.15, -0.1) is 0 Å². The molecule has 30 heavy (non-hydrogen) atoms. The Balaban J connectivity index is 1.52. The van der Waals surface area contributed by atoms with Crippen LogP contribution in [0.15, 0.2) is 30.3 Å². The van der Waals surface area contributed by atoms with Crippen molar-refractivity contribution in [2.24, 2.45) is 5.92 Å². The largest absolute Gasteiger partial charge is 0.379 e. The number of benzene rings is 1. The van der Waals surface area contributed by atoms with Crippen LogP contribution in [0.3, 0.4) is 0 Å². The van der Waals surface area contributed by atoms with Gasteiger partial charge in [-0.2, -0.15) is 5.10 Å². The third kappa shape index (κ3) is 4.30. The topological polar surface area (TPSA) is 59.4 Å². The van der Waals surface area contributed by atoms with Crippen LogP contribution in [-0.4, -0.2) is 59.5 Å². The van der Waals surface area contributed by atoms with Crippen LogP contribution in [0.4, 0.5) is 0 Å². The molecular weight excluding hydrogens is 376 g/mol. The normalized spacial score (nSPS) is 17.8. The molecule has 162 valence electrons. The first-order valence-electron chi connectivity index (χ1n) is 11.5. The number of hydrogen-bond donors (Lipinski definition) is 1. The Morgan fingerprint density at radius 2 is 1.87 bits per heavy atom. The van der Waals surface area contributed by atoms with Crippen molar-refractivity contribution in [1.29, 1.82) is 0 Å². The van der Waals surface area contributed by atoms with Gasteiger partial charge < -0.3 is 10.1 Å². The number of rotatable bonds is 8. The molecular formula is C24H34N4O2. The minimum absolute atomic E-state index is 0.0351. The Kier molecular flexibility index (Phi) is 6.85. The number of carbonyl (C=O) groups excluding carboxylic acids is 1. The first kappa shape index (κ1) is 21.1. The van der Waals surface area contributed by atoms with E-state index >= 15 is 0 Å². The van der Waals surface area contributed by atoms with E-state index < -0.39 is 0 Å². The van der Waals surface area contributed by atoms with Gasteiger partial charge in [0, 0.05) is 36.9 Å². The number of hydrogen-bond acceptors (Lipinski definition) is 4. The van der Waals surface area contributed by atoms with Crippen LogP contribution in [0.5, 0.6) is 0 Å². The minimum Gasteiger partial charge on any atom is -0.379 e. The van der Waals surface area contributed by atoms with E-state index in [2.05, 4.69) is 36.2 Å². The highest BCUT2D eigenvalue weighted by atomic mass is 16.5. The second kappa shape index (κ2) is 9.75. The maximum atomic E-state index is 13.2. The fourth-order valence-electron chi connectivity index (χ4n) is 5.02. The number of ether oxygens (including phenoxy) is 1. The highest BCUT2D eigenvalue weighted by molar-refractivity contribution is 5.94. The van der Waals surface area contributed by atoms with Crippen LogP contribution in [0.1, 0.15) is 54.9 Å². The number of para-hydroxylation sites is 1. The first-order valence-corrected chi connectivity index (χ1v) is 11.5. The van der Waals surface area contributed by atoms with E-state index in [-0.39, 0.29) is 5.91 Å².